The minimum absolute atomic E-state index is 0.317. The summed E-state index contributed by atoms with van der Waals surface area (Å²) in [6.45, 7) is 1.25. The molecule has 0 aromatic heterocycles. The number of halogens is 1. The quantitative estimate of drug-likeness (QED) is 0.548. The van der Waals surface area contributed by atoms with Gasteiger partial charge in [-0.3, -0.25) is 9.59 Å². The predicted molar refractivity (Wildman–Crippen MR) is 124 cm³/mol. The Morgan fingerprint density at radius 2 is 1.53 bits per heavy atom. The monoisotopic (exact) mass is 444 g/mol. The lowest BCUT2D eigenvalue weighted by Gasteiger charge is -2.31. The van der Waals surface area contributed by atoms with Crippen LogP contribution in [0.25, 0.3) is 5.57 Å². The second-order valence-electron chi connectivity index (χ2n) is 7.81. The molecule has 0 bridgehead atoms. The van der Waals surface area contributed by atoms with Gasteiger partial charge in [-0.1, -0.05) is 48.0 Å². The number of hydrogen-bond acceptors (Lipinski definition) is 4. The molecule has 0 N–H and O–H groups in total. The van der Waals surface area contributed by atoms with Gasteiger partial charge in [-0.25, -0.2) is 4.90 Å². The molecule has 5 rings (SSSR count). The number of benzene rings is 3. The molecule has 2 aliphatic heterocycles. The third kappa shape index (κ3) is 3.45. The normalized spacial score (nSPS) is 15.9. The number of fused-ring (bicyclic) bond motifs is 1. The maximum absolute atomic E-state index is 13.7. The molecular formula is C26H21ClN2O3. The number of rotatable bonds is 4. The van der Waals surface area contributed by atoms with E-state index >= 15 is 0 Å². The summed E-state index contributed by atoms with van der Waals surface area (Å²) in [5.41, 5.74) is 4.49. The van der Waals surface area contributed by atoms with Gasteiger partial charge in [0, 0.05) is 18.1 Å². The first kappa shape index (κ1) is 20.3. The number of carbonyl (C=O) groups is 2. The van der Waals surface area contributed by atoms with E-state index in [1.54, 1.807) is 43.5 Å². The van der Waals surface area contributed by atoms with E-state index in [-0.39, 0.29) is 11.8 Å². The van der Waals surface area contributed by atoms with Crippen LogP contribution in [0, 0.1) is 0 Å². The fraction of sp³-hybridized carbons (Fsp3) is 0.154. The largest absolute Gasteiger partial charge is 0.497 e. The summed E-state index contributed by atoms with van der Waals surface area (Å²) in [4.78, 5) is 30.5. The number of ether oxygens (including phenoxy) is 1. The number of amides is 2. The standard InChI is InChI=1S/C26H21ClN2O3/c1-32-22-12-6-18(7-13-22)23-24(28-15-14-17-4-2-3-5-19(17)16-28)26(31)29(25(23)30)21-10-8-20(27)9-11-21/h2-13H,14-16H2,1H3. The lowest BCUT2D eigenvalue weighted by Crippen LogP contribution is -2.37. The molecule has 0 unspecified atom stereocenters. The van der Waals surface area contributed by atoms with E-state index < -0.39 is 0 Å². The van der Waals surface area contributed by atoms with E-state index in [9.17, 15) is 9.59 Å². The molecule has 0 fully saturated rings. The maximum atomic E-state index is 13.7. The third-order valence-corrected chi connectivity index (χ3v) is 6.22. The molecule has 0 spiro atoms. The van der Waals surface area contributed by atoms with Gasteiger partial charge in [0.15, 0.2) is 0 Å². The summed E-state index contributed by atoms with van der Waals surface area (Å²) in [6.07, 6.45) is 0.817. The van der Waals surface area contributed by atoms with Crippen LogP contribution in [0.15, 0.2) is 78.5 Å². The minimum Gasteiger partial charge on any atom is -0.497 e. The van der Waals surface area contributed by atoms with Crippen LogP contribution in [0.5, 0.6) is 5.75 Å². The van der Waals surface area contributed by atoms with Crippen molar-refractivity contribution in [3.05, 3.63) is 100 Å². The number of methoxy groups -OCH3 is 1. The zero-order valence-electron chi connectivity index (χ0n) is 17.5. The molecular weight excluding hydrogens is 424 g/mol. The smallest absolute Gasteiger partial charge is 0.282 e. The molecule has 3 aromatic carbocycles. The summed E-state index contributed by atoms with van der Waals surface area (Å²) in [7, 11) is 1.59. The van der Waals surface area contributed by atoms with Crippen LogP contribution in [0.1, 0.15) is 16.7 Å². The first-order valence-electron chi connectivity index (χ1n) is 10.4. The molecule has 5 nitrogen and oxygen atoms in total. The van der Waals surface area contributed by atoms with E-state index in [1.807, 2.05) is 29.2 Å². The van der Waals surface area contributed by atoms with Crippen LogP contribution >= 0.6 is 11.6 Å². The molecule has 0 saturated heterocycles. The Labute approximate surface area is 191 Å². The van der Waals surface area contributed by atoms with Crippen molar-refractivity contribution in [3.63, 3.8) is 0 Å². The summed E-state index contributed by atoms with van der Waals surface area (Å²) < 4.78 is 5.26. The van der Waals surface area contributed by atoms with Crippen molar-refractivity contribution in [2.24, 2.45) is 0 Å². The Balaban J connectivity index is 1.61. The van der Waals surface area contributed by atoms with Crippen LogP contribution in [0.3, 0.4) is 0 Å². The highest BCUT2D eigenvalue weighted by Crippen LogP contribution is 2.37. The summed E-state index contributed by atoms with van der Waals surface area (Å²) >= 11 is 6.02. The highest BCUT2D eigenvalue weighted by atomic mass is 35.5. The predicted octanol–water partition coefficient (Wildman–Crippen LogP) is 4.69. The van der Waals surface area contributed by atoms with Gasteiger partial charge in [0.1, 0.15) is 11.4 Å². The minimum atomic E-state index is -0.337. The third-order valence-electron chi connectivity index (χ3n) is 5.97. The van der Waals surface area contributed by atoms with Crippen LogP contribution < -0.4 is 9.64 Å². The van der Waals surface area contributed by atoms with Gasteiger partial charge in [-0.05, 0) is 59.5 Å². The van der Waals surface area contributed by atoms with Crippen LogP contribution in [-0.4, -0.2) is 30.4 Å². The zero-order chi connectivity index (χ0) is 22.2. The molecule has 2 aliphatic rings. The van der Waals surface area contributed by atoms with Crippen LogP contribution in [-0.2, 0) is 22.6 Å². The van der Waals surface area contributed by atoms with E-state index in [0.29, 0.717) is 46.4 Å². The fourth-order valence-electron chi connectivity index (χ4n) is 4.34. The second-order valence-corrected chi connectivity index (χ2v) is 8.25. The van der Waals surface area contributed by atoms with Crippen molar-refractivity contribution in [1.82, 2.24) is 4.90 Å². The average molecular weight is 445 g/mol. The van der Waals surface area contributed by atoms with Crippen LogP contribution in [0.2, 0.25) is 5.02 Å². The molecule has 0 aliphatic carbocycles. The zero-order valence-corrected chi connectivity index (χ0v) is 18.3. The Morgan fingerprint density at radius 3 is 2.22 bits per heavy atom. The van der Waals surface area contributed by atoms with Gasteiger partial charge < -0.3 is 9.64 Å². The summed E-state index contributed by atoms with van der Waals surface area (Å²) in [5, 5.41) is 0.545. The van der Waals surface area contributed by atoms with Gasteiger partial charge in [0.25, 0.3) is 11.8 Å². The van der Waals surface area contributed by atoms with Crippen molar-refractivity contribution in [3.8, 4) is 5.75 Å². The van der Waals surface area contributed by atoms with Crippen LogP contribution in [0.4, 0.5) is 5.69 Å². The summed E-state index contributed by atoms with van der Waals surface area (Å²) in [5.74, 6) is 0.0352. The second kappa shape index (κ2) is 8.17. The Kier molecular flexibility index (Phi) is 5.19. The lowest BCUT2D eigenvalue weighted by atomic mass is 9.98. The maximum Gasteiger partial charge on any atom is 0.282 e. The highest BCUT2D eigenvalue weighted by Gasteiger charge is 2.43. The molecule has 3 aromatic rings. The molecule has 0 radical (unpaired) electrons. The fourth-order valence-corrected chi connectivity index (χ4v) is 4.47. The van der Waals surface area contributed by atoms with Crippen molar-refractivity contribution in [2.45, 2.75) is 13.0 Å². The van der Waals surface area contributed by atoms with E-state index in [4.69, 9.17) is 16.3 Å². The number of imide groups is 1. The molecule has 0 saturated carbocycles. The van der Waals surface area contributed by atoms with E-state index in [0.717, 1.165) is 6.42 Å². The number of anilines is 1. The molecule has 2 amide bonds. The number of nitrogens with zero attached hydrogens (tertiary/aromatic N) is 2. The highest BCUT2D eigenvalue weighted by molar-refractivity contribution is 6.45. The SMILES string of the molecule is COc1ccc(C2=C(N3CCc4ccccc4C3)C(=O)N(c3ccc(Cl)cc3)C2=O)cc1. The van der Waals surface area contributed by atoms with Crippen molar-refractivity contribution >= 4 is 34.7 Å². The molecule has 6 heteroatoms. The van der Waals surface area contributed by atoms with E-state index in [1.165, 1.54) is 16.0 Å². The Bertz CT molecular complexity index is 1230. The number of carbonyl (C=O) groups excluding carboxylic acids is 2. The van der Waals surface area contributed by atoms with Gasteiger partial charge in [0.05, 0.1) is 18.4 Å². The van der Waals surface area contributed by atoms with Gasteiger partial charge in [-0.2, -0.15) is 0 Å². The topological polar surface area (TPSA) is 49.9 Å². The van der Waals surface area contributed by atoms with Crippen molar-refractivity contribution in [1.29, 1.82) is 0 Å². The van der Waals surface area contributed by atoms with Gasteiger partial charge >= 0.3 is 0 Å². The van der Waals surface area contributed by atoms with Gasteiger partial charge in [0.2, 0.25) is 0 Å². The number of hydrogen-bond donors (Lipinski definition) is 0. The lowest BCUT2D eigenvalue weighted by molar-refractivity contribution is -0.120. The van der Waals surface area contributed by atoms with E-state index in [2.05, 4.69) is 12.1 Å². The molecule has 32 heavy (non-hydrogen) atoms. The van der Waals surface area contributed by atoms with Gasteiger partial charge in [-0.15, -0.1) is 0 Å². The first-order chi connectivity index (χ1) is 15.6. The molecule has 160 valence electrons. The first-order valence-corrected chi connectivity index (χ1v) is 10.8. The summed E-state index contributed by atoms with van der Waals surface area (Å²) in [6, 6.07) is 22.2. The molecule has 2 heterocycles. The van der Waals surface area contributed by atoms with Crippen molar-refractivity contribution < 1.29 is 14.3 Å². The Hall–Kier alpha value is -3.57. The van der Waals surface area contributed by atoms with Crippen molar-refractivity contribution in [2.75, 3.05) is 18.6 Å². The molecule has 0 atom stereocenters. The Morgan fingerprint density at radius 1 is 0.844 bits per heavy atom. The average Bonchev–Trinajstić information content (AvgIpc) is 3.09.